The first-order valence-corrected chi connectivity index (χ1v) is 8.97. The predicted octanol–water partition coefficient (Wildman–Crippen LogP) is -0.889. The third kappa shape index (κ3) is 7.84. The van der Waals surface area contributed by atoms with E-state index < -0.39 is 41.9 Å². The maximum absolute atomic E-state index is 12.3. The molecule has 10 nitrogen and oxygen atoms in total. The molecule has 7 N–H and O–H groups in total. The van der Waals surface area contributed by atoms with E-state index in [1.165, 1.54) is 24.3 Å². The van der Waals surface area contributed by atoms with E-state index in [-0.39, 0.29) is 30.8 Å². The quantitative estimate of drug-likeness (QED) is 0.228. The normalized spacial score (nSPS) is 13.8. The van der Waals surface area contributed by atoms with Crippen LogP contribution in [0.4, 0.5) is 0 Å². The molecule has 0 aromatic heterocycles. The molecular formula is C17H23N3O7S. The number of carboxylic acids is 2. The number of nitrogens with one attached hydrogen (secondary N) is 2. The fourth-order valence-electron chi connectivity index (χ4n) is 2.22. The molecule has 154 valence electrons. The first-order valence-electron chi connectivity index (χ1n) is 8.33. The second-order valence-corrected chi connectivity index (χ2v) is 6.42. The highest BCUT2D eigenvalue weighted by Gasteiger charge is 2.27. The first kappa shape index (κ1) is 23.2. The molecule has 0 aliphatic heterocycles. The van der Waals surface area contributed by atoms with Crippen molar-refractivity contribution in [3.63, 3.8) is 0 Å². The van der Waals surface area contributed by atoms with Crippen LogP contribution < -0.4 is 16.4 Å². The summed E-state index contributed by atoms with van der Waals surface area (Å²) in [6, 6.07) is 2.30. The smallest absolute Gasteiger partial charge is 0.326 e. The van der Waals surface area contributed by atoms with Crippen molar-refractivity contribution in [1.82, 2.24) is 10.6 Å². The number of carbonyl (C=O) groups is 4. The Balaban J connectivity index is 2.70. The number of thiol groups is 1. The summed E-state index contributed by atoms with van der Waals surface area (Å²) in [6.45, 7) is 0. The van der Waals surface area contributed by atoms with Crippen LogP contribution in [0.15, 0.2) is 24.3 Å². The number of benzene rings is 1. The molecule has 0 saturated heterocycles. The second kappa shape index (κ2) is 11.1. The minimum atomic E-state index is -1.27. The number of hydrogen-bond acceptors (Lipinski definition) is 7. The maximum Gasteiger partial charge on any atom is 0.326 e. The topological polar surface area (TPSA) is 179 Å². The van der Waals surface area contributed by atoms with E-state index in [9.17, 15) is 29.4 Å². The Hall–Kier alpha value is -2.79. The molecule has 1 aromatic carbocycles. The van der Waals surface area contributed by atoms with E-state index in [1.807, 2.05) is 0 Å². The number of hydrogen-bond donors (Lipinski definition) is 7. The number of phenols is 1. The predicted molar refractivity (Wildman–Crippen MR) is 102 cm³/mol. The Morgan fingerprint density at radius 1 is 1.00 bits per heavy atom. The molecule has 0 fully saturated rings. The Morgan fingerprint density at radius 3 is 2.07 bits per heavy atom. The number of carboxylic acid groups (broad SMARTS) is 2. The fourth-order valence-corrected chi connectivity index (χ4v) is 2.48. The Labute approximate surface area is 166 Å². The van der Waals surface area contributed by atoms with Gasteiger partial charge in [0.25, 0.3) is 0 Å². The zero-order chi connectivity index (χ0) is 21.3. The standard InChI is InChI=1S/C17H23N3O7S/c18-11(5-6-14(22)23)15(24)20-13(8-28)16(25)19-12(17(26)27)7-9-1-3-10(21)4-2-9/h1-4,11-13,21,28H,5-8,18H2,(H,19,25)(H,20,24)(H,22,23)(H,26,27)/t11-,12-,13-/m0/s1. The number of phenolic OH excluding ortho intramolecular Hbond substituents is 1. The lowest BCUT2D eigenvalue weighted by molar-refractivity contribution is -0.142. The lowest BCUT2D eigenvalue weighted by Crippen LogP contribution is -2.55. The van der Waals surface area contributed by atoms with Gasteiger partial charge in [0.05, 0.1) is 6.04 Å². The SMILES string of the molecule is N[C@@H](CCC(=O)O)C(=O)N[C@@H](CS)C(=O)N[C@@H](Cc1ccc(O)cc1)C(=O)O. The molecule has 0 heterocycles. The van der Waals surface area contributed by atoms with E-state index in [0.29, 0.717) is 5.56 Å². The zero-order valence-corrected chi connectivity index (χ0v) is 15.8. The van der Waals surface area contributed by atoms with Gasteiger partial charge >= 0.3 is 11.9 Å². The molecule has 0 saturated carbocycles. The van der Waals surface area contributed by atoms with Gasteiger partial charge in [-0.05, 0) is 24.1 Å². The van der Waals surface area contributed by atoms with Gasteiger partial charge in [0, 0.05) is 18.6 Å². The van der Waals surface area contributed by atoms with Gasteiger partial charge in [-0.3, -0.25) is 14.4 Å². The minimum Gasteiger partial charge on any atom is -0.508 e. The Kier molecular flexibility index (Phi) is 9.25. The van der Waals surface area contributed by atoms with Crippen molar-refractivity contribution in [2.24, 2.45) is 5.73 Å². The van der Waals surface area contributed by atoms with Gasteiger partial charge in [-0.1, -0.05) is 12.1 Å². The molecule has 1 aromatic rings. The molecule has 0 spiro atoms. The van der Waals surface area contributed by atoms with Crippen molar-refractivity contribution in [2.75, 3.05) is 5.75 Å². The highest BCUT2D eigenvalue weighted by Crippen LogP contribution is 2.11. The monoisotopic (exact) mass is 413 g/mol. The molecular weight excluding hydrogens is 390 g/mol. The Bertz CT molecular complexity index is 711. The van der Waals surface area contributed by atoms with Crippen molar-refractivity contribution in [1.29, 1.82) is 0 Å². The largest absolute Gasteiger partial charge is 0.508 e. The molecule has 28 heavy (non-hydrogen) atoms. The van der Waals surface area contributed by atoms with Crippen molar-refractivity contribution in [3.8, 4) is 5.75 Å². The van der Waals surface area contributed by atoms with Crippen LogP contribution in [-0.2, 0) is 25.6 Å². The fraction of sp³-hybridized carbons (Fsp3) is 0.412. The van der Waals surface area contributed by atoms with Crippen molar-refractivity contribution >= 4 is 36.4 Å². The van der Waals surface area contributed by atoms with E-state index in [2.05, 4.69) is 23.3 Å². The van der Waals surface area contributed by atoms with Crippen LogP contribution in [0.5, 0.6) is 5.75 Å². The van der Waals surface area contributed by atoms with Gasteiger partial charge < -0.3 is 31.7 Å². The van der Waals surface area contributed by atoms with Gasteiger partial charge in [0.1, 0.15) is 17.8 Å². The minimum absolute atomic E-state index is 0.0248. The molecule has 2 amide bonds. The second-order valence-electron chi connectivity index (χ2n) is 6.05. The summed E-state index contributed by atoms with van der Waals surface area (Å²) in [7, 11) is 0. The van der Waals surface area contributed by atoms with E-state index in [4.69, 9.17) is 10.8 Å². The summed E-state index contributed by atoms with van der Waals surface area (Å²) in [5.41, 5.74) is 6.16. The molecule has 0 radical (unpaired) electrons. The highest BCUT2D eigenvalue weighted by molar-refractivity contribution is 7.80. The third-order valence-electron chi connectivity index (χ3n) is 3.81. The first-order chi connectivity index (χ1) is 13.1. The average molecular weight is 413 g/mol. The number of amides is 2. The average Bonchev–Trinajstić information content (AvgIpc) is 2.64. The van der Waals surface area contributed by atoms with E-state index >= 15 is 0 Å². The van der Waals surface area contributed by atoms with E-state index in [1.54, 1.807) is 0 Å². The van der Waals surface area contributed by atoms with Gasteiger partial charge in [0.2, 0.25) is 11.8 Å². The summed E-state index contributed by atoms with van der Waals surface area (Å²) >= 11 is 3.98. The summed E-state index contributed by atoms with van der Waals surface area (Å²) in [5, 5.41) is 31.9. The lowest BCUT2D eigenvalue weighted by atomic mass is 10.1. The van der Waals surface area contributed by atoms with Crippen molar-refractivity contribution in [2.45, 2.75) is 37.4 Å². The lowest BCUT2D eigenvalue weighted by Gasteiger charge is -2.21. The number of rotatable bonds is 11. The summed E-state index contributed by atoms with van der Waals surface area (Å²) in [6.07, 6.45) is -0.451. The van der Waals surface area contributed by atoms with Gasteiger partial charge in [-0.25, -0.2) is 4.79 Å². The summed E-state index contributed by atoms with van der Waals surface area (Å²) in [5.74, 6) is -3.97. The third-order valence-corrected chi connectivity index (χ3v) is 4.18. The van der Waals surface area contributed by atoms with Crippen LogP contribution in [0.3, 0.4) is 0 Å². The van der Waals surface area contributed by atoms with Crippen LogP contribution in [-0.4, -0.2) is 63.0 Å². The zero-order valence-electron chi connectivity index (χ0n) is 14.9. The summed E-state index contributed by atoms with van der Waals surface area (Å²) in [4.78, 5) is 46.3. The molecule has 1 rings (SSSR count). The van der Waals surface area contributed by atoms with Gasteiger partial charge in [-0.15, -0.1) is 0 Å². The number of carbonyl (C=O) groups excluding carboxylic acids is 2. The molecule has 3 atom stereocenters. The molecule has 0 aliphatic rings. The molecule has 0 unspecified atom stereocenters. The van der Waals surface area contributed by atoms with Crippen LogP contribution in [0.25, 0.3) is 0 Å². The van der Waals surface area contributed by atoms with Crippen LogP contribution in [0.2, 0.25) is 0 Å². The van der Waals surface area contributed by atoms with Crippen molar-refractivity contribution in [3.05, 3.63) is 29.8 Å². The highest BCUT2D eigenvalue weighted by atomic mass is 32.1. The van der Waals surface area contributed by atoms with E-state index in [0.717, 1.165) is 0 Å². The number of aliphatic carboxylic acids is 2. The maximum atomic E-state index is 12.3. The summed E-state index contributed by atoms with van der Waals surface area (Å²) < 4.78 is 0. The Morgan fingerprint density at radius 2 is 1.57 bits per heavy atom. The van der Waals surface area contributed by atoms with Gasteiger partial charge in [-0.2, -0.15) is 12.6 Å². The van der Waals surface area contributed by atoms with Crippen molar-refractivity contribution < 1.29 is 34.5 Å². The van der Waals surface area contributed by atoms with Crippen LogP contribution in [0, 0.1) is 0 Å². The van der Waals surface area contributed by atoms with Crippen LogP contribution >= 0.6 is 12.6 Å². The molecule has 11 heteroatoms. The molecule has 0 aliphatic carbocycles. The van der Waals surface area contributed by atoms with Crippen LogP contribution in [0.1, 0.15) is 18.4 Å². The molecule has 0 bridgehead atoms. The van der Waals surface area contributed by atoms with Gasteiger partial charge in [0.15, 0.2) is 0 Å². The number of nitrogens with two attached hydrogens (primary N) is 1. The number of aromatic hydroxyl groups is 1.